The van der Waals surface area contributed by atoms with E-state index < -0.39 is 8.07 Å². The fourth-order valence-corrected chi connectivity index (χ4v) is 8.53. The van der Waals surface area contributed by atoms with Crippen LogP contribution in [0.4, 0.5) is 0 Å². The molecule has 4 unspecified atom stereocenters. The zero-order valence-corrected chi connectivity index (χ0v) is 11.2. The van der Waals surface area contributed by atoms with Crippen molar-refractivity contribution in [2.24, 2.45) is 23.7 Å². The van der Waals surface area contributed by atoms with Crippen molar-refractivity contribution in [1.29, 1.82) is 0 Å². The normalized spacial score (nSPS) is 53.6. The molecule has 0 aromatic rings. The van der Waals surface area contributed by atoms with Gasteiger partial charge in [-0.2, -0.15) is 0 Å². The van der Waals surface area contributed by atoms with Crippen molar-refractivity contribution in [2.45, 2.75) is 57.0 Å². The first-order valence-corrected chi connectivity index (χ1v) is 10.2. The first kappa shape index (κ1) is 10.3. The van der Waals surface area contributed by atoms with E-state index in [4.69, 9.17) is 0 Å². The zero-order valence-electron chi connectivity index (χ0n) is 10.2. The van der Waals surface area contributed by atoms with E-state index in [0.717, 1.165) is 17.4 Å². The van der Waals surface area contributed by atoms with Crippen molar-refractivity contribution in [2.75, 3.05) is 0 Å². The highest BCUT2D eigenvalue weighted by molar-refractivity contribution is 6.77. The minimum absolute atomic E-state index is 0.0644. The monoisotopic (exact) mass is 224 g/mol. The van der Waals surface area contributed by atoms with Gasteiger partial charge in [-0.3, -0.25) is 0 Å². The van der Waals surface area contributed by atoms with Crippen molar-refractivity contribution in [3.63, 3.8) is 0 Å². The van der Waals surface area contributed by atoms with Gasteiger partial charge < -0.3 is 5.11 Å². The molecular weight excluding hydrogens is 200 g/mol. The number of rotatable bonds is 1. The van der Waals surface area contributed by atoms with Crippen LogP contribution in [-0.4, -0.2) is 19.3 Å². The Kier molecular flexibility index (Phi) is 2.14. The summed E-state index contributed by atoms with van der Waals surface area (Å²) in [6.07, 6.45) is 5.60. The Bertz CT molecular complexity index is 270. The summed E-state index contributed by atoms with van der Waals surface area (Å²) in [6.45, 7) is 7.52. The summed E-state index contributed by atoms with van der Waals surface area (Å²) in [5, 5.41) is 10.4. The van der Waals surface area contributed by atoms with Gasteiger partial charge in [-0.1, -0.05) is 19.6 Å². The molecule has 0 aromatic heterocycles. The number of aliphatic hydroxyl groups is 1. The van der Waals surface area contributed by atoms with Gasteiger partial charge in [0.1, 0.15) is 0 Å². The Morgan fingerprint density at radius 1 is 0.933 bits per heavy atom. The number of hydrogen-bond acceptors (Lipinski definition) is 1. The van der Waals surface area contributed by atoms with E-state index in [1.165, 1.54) is 25.7 Å². The molecule has 4 aliphatic rings. The van der Waals surface area contributed by atoms with Gasteiger partial charge in [-0.05, 0) is 54.9 Å². The highest BCUT2D eigenvalue weighted by Crippen LogP contribution is 2.61. The van der Waals surface area contributed by atoms with Gasteiger partial charge in [0.2, 0.25) is 0 Å². The molecule has 0 radical (unpaired) electrons. The molecule has 6 atom stereocenters. The van der Waals surface area contributed by atoms with E-state index in [9.17, 15) is 5.11 Å². The van der Waals surface area contributed by atoms with Gasteiger partial charge in [0.05, 0.1) is 6.10 Å². The van der Waals surface area contributed by atoms with E-state index in [1.807, 2.05) is 0 Å². The average Bonchev–Trinajstić information content (AvgIpc) is 2.10. The van der Waals surface area contributed by atoms with Crippen LogP contribution in [0.5, 0.6) is 0 Å². The molecule has 0 spiro atoms. The van der Waals surface area contributed by atoms with Crippen molar-refractivity contribution < 1.29 is 5.11 Å². The average molecular weight is 224 g/mol. The molecule has 4 bridgehead atoms. The van der Waals surface area contributed by atoms with E-state index >= 15 is 0 Å². The molecule has 15 heavy (non-hydrogen) atoms. The first-order chi connectivity index (χ1) is 6.97. The van der Waals surface area contributed by atoms with Crippen LogP contribution in [0.25, 0.3) is 0 Å². The number of hydrogen-bond donors (Lipinski definition) is 1. The highest BCUT2D eigenvalue weighted by atomic mass is 28.3. The van der Waals surface area contributed by atoms with Crippen LogP contribution < -0.4 is 0 Å². The van der Waals surface area contributed by atoms with Crippen molar-refractivity contribution in [1.82, 2.24) is 0 Å². The van der Waals surface area contributed by atoms with Crippen LogP contribution in [-0.2, 0) is 0 Å². The maximum absolute atomic E-state index is 10.4. The molecule has 0 amide bonds. The lowest BCUT2D eigenvalue weighted by molar-refractivity contribution is -0.0930. The lowest BCUT2D eigenvalue weighted by atomic mass is 9.54. The fourth-order valence-electron chi connectivity index (χ4n) is 5.23. The summed E-state index contributed by atoms with van der Waals surface area (Å²) in [4.78, 5) is 0. The Morgan fingerprint density at radius 2 is 1.60 bits per heavy atom. The molecule has 2 heteroatoms. The van der Waals surface area contributed by atoms with E-state index in [1.54, 1.807) is 0 Å². The molecule has 4 aliphatic carbocycles. The summed E-state index contributed by atoms with van der Waals surface area (Å²) in [6, 6.07) is 0. The van der Waals surface area contributed by atoms with Crippen LogP contribution >= 0.6 is 0 Å². The molecule has 0 saturated heterocycles. The summed E-state index contributed by atoms with van der Waals surface area (Å²) in [5.74, 6) is 3.34. The molecule has 0 aromatic carbocycles. The summed E-state index contributed by atoms with van der Waals surface area (Å²) in [5.41, 5.74) is 0.917. The molecular formula is C13H24OSi. The molecule has 4 saturated carbocycles. The minimum Gasteiger partial charge on any atom is -0.393 e. The SMILES string of the molecule is C[Si](C)(C)[C@@H]1C2CC3CC(C2)[C@@H](O)C1C3. The fraction of sp³-hybridized carbons (Fsp3) is 1.00. The number of aliphatic hydroxyl groups excluding tert-OH is 1. The largest absolute Gasteiger partial charge is 0.393 e. The first-order valence-electron chi connectivity index (χ1n) is 6.65. The highest BCUT2D eigenvalue weighted by Gasteiger charge is 2.55. The Morgan fingerprint density at radius 3 is 2.27 bits per heavy atom. The third-order valence-corrected chi connectivity index (χ3v) is 8.27. The Balaban J connectivity index is 1.92. The van der Waals surface area contributed by atoms with Gasteiger partial charge >= 0.3 is 0 Å². The third kappa shape index (κ3) is 1.44. The lowest BCUT2D eigenvalue weighted by Crippen LogP contribution is -2.56. The van der Waals surface area contributed by atoms with E-state index in [-0.39, 0.29) is 6.10 Å². The third-order valence-electron chi connectivity index (χ3n) is 5.37. The maximum Gasteiger partial charge on any atom is 0.0596 e. The molecule has 0 heterocycles. The van der Waals surface area contributed by atoms with Gasteiger partial charge in [0.25, 0.3) is 0 Å². The quantitative estimate of drug-likeness (QED) is 0.679. The lowest BCUT2D eigenvalue weighted by Gasteiger charge is -2.60. The summed E-state index contributed by atoms with van der Waals surface area (Å²) >= 11 is 0. The van der Waals surface area contributed by atoms with Crippen LogP contribution in [0, 0.1) is 23.7 Å². The smallest absolute Gasteiger partial charge is 0.0596 e. The topological polar surface area (TPSA) is 20.2 Å². The Hall–Kier alpha value is 0.177. The second-order valence-electron chi connectivity index (χ2n) is 7.38. The van der Waals surface area contributed by atoms with Gasteiger partial charge in [0, 0.05) is 8.07 Å². The molecule has 0 aliphatic heterocycles. The van der Waals surface area contributed by atoms with Gasteiger partial charge in [-0.25, -0.2) is 0 Å². The predicted molar refractivity (Wildman–Crippen MR) is 65.5 cm³/mol. The minimum atomic E-state index is -1.06. The molecule has 4 rings (SSSR count). The maximum atomic E-state index is 10.4. The molecule has 86 valence electrons. The Labute approximate surface area is 94.3 Å². The van der Waals surface area contributed by atoms with E-state index in [2.05, 4.69) is 19.6 Å². The zero-order chi connectivity index (χ0) is 10.8. The standard InChI is InChI=1S/C13H24OSi/c1-15(2,3)13-10-5-8-4-9(7-10)12(14)11(13)6-8/h8-14H,4-7H2,1-3H3/t8?,9?,10?,11?,12-,13-/m1/s1. The predicted octanol–water partition coefficient (Wildman–Crippen LogP) is 3.12. The van der Waals surface area contributed by atoms with Crippen LogP contribution in [0.3, 0.4) is 0 Å². The second-order valence-corrected chi connectivity index (χ2v) is 12.8. The van der Waals surface area contributed by atoms with Crippen molar-refractivity contribution >= 4 is 8.07 Å². The molecule has 1 N–H and O–H groups in total. The van der Waals surface area contributed by atoms with Crippen molar-refractivity contribution in [3.05, 3.63) is 0 Å². The van der Waals surface area contributed by atoms with Crippen LogP contribution in [0.2, 0.25) is 25.2 Å². The van der Waals surface area contributed by atoms with Gasteiger partial charge in [-0.15, -0.1) is 0 Å². The van der Waals surface area contributed by atoms with Crippen LogP contribution in [0.15, 0.2) is 0 Å². The summed E-state index contributed by atoms with van der Waals surface area (Å²) < 4.78 is 0. The summed E-state index contributed by atoms with van der Waals surface area (Å²) in [7, 11) is -1.06. The molecule has 1 nitrogen and oxygen atoms in total. The van der Waals surface area contributed by atoms with Gasteiger partial charge in [0.15, 0.2) is 0 Å². The second kappa shape index (κ2) is 3.10. The van der Waals surface area contributed by atoms with Crippen LogP contribution in [0.1, 0.15) is 25.7 Å². The van der Waals surface area contributed by atoms with Crippen molar-refractivity contribution in [3.8, 4) is 0 Å². The van der Waals surface area contributed by atoms with E-state index in [0.29, 0.717) is 11.8 Å². The molecule has 4 fully saturated rings.